The van der Waals surface area contributed by atoms with Crippen molar-refractivity contribution in [2.45, 2.75) is 26.8 Å². The fourth-order valence-corrected chi connectivity index (χ4v) is 3.09. The van der Waals surface area contributed by atoms with E-state index in [1.54, 1.807) is 48.2 Å². The predicted molar refractivity (Wildman–Crippen MR) is 112 cm³/mol. The molecule has 3 amide bonds. The highest BCUT2D eigenvalue weighted by Gasteiger charge is 2.17. The highest BCUT2D eigenvalue weighted by Crippen LogP contribution is 2.27. The second kappa shape index (κ2) is 8.17. The van der Waals surface area contributed by atoms with Gasteiger partial charge in [0, 0.05) is 49.8 Å². The molecule has 146 valence electrons. The SMILES string of the molecule is CCc1oc2ccccc2c1CN(C)C(=O)Nc1ccc(N(C)C(C)=O)cc1. The first-order valence-corrected chi connectivity index (χ1v) is 9.26. The van der Waals surface area contributed by atoms with Gasteiger partial charge in [-0.1, -0.05) is 25.1 Å². The number of hydrogen-bond donors (Lipinski definition) is 1. The maximum absolute atomic E-state index is 12.6. The molecule has 0 atom stereocenters. The minimum atomic E-state index is -0.208. The Hall–Kier alpha value is -3.28. The van der Waals surface area contributed by atoms with Gasteiger partial charge in [-0.2, -0.15) is 0 Å². The number of urea groups is 1. The number of anilines is 2. The van der Waals surface area contributed by atoms with E-state index in [0.717, 1.165) is 34.4 Å². The average Bonchev–Trinajstić information content (AvgIpc) is 3.05. The summed E-state index contributed by atoms with van der Waals surface area (Å²) in [7, 11) is 3.47. The summed E-state index contributed by atoms with van der Waals surface area (Å²) in [5.41, 5.74) is 3.32. The van der Waals surface area contributed by atoms with Crippen LogP contribution in [0.4, 0.5) is 16.2 Å². The zero-order valence-corrected chi connectivity index (χ0v) is 16.7. The fraction of sp³-hybridized carbons (Fsp3) is 0.273. The third kappa shape index (κ3) is 4.01. The Balaban J connectivity index is 1.71. The molecular formula is C22H25N3O3. The van der Waals surface area contributed by atoms with E-state index < -0.39 is 0 Å². The van der Waals surface area contributed by atoms with Crippen molar-refractivity contribution in [1.82, 2.24) is 4.90 Å². The first-order chi connectivity index (χ1) is 13.4. The van der Waals surface area contributed by atoms with E-state index in [2.05, 4.69) is 5.32 Å². The molecule has 0 spiro atoms. The number of nitrogens with one attached hydrogen (secondary N) is 1. The summed E-state index contributed by atoms with van der Waals surface area (Å²) in [5, 5.41) is 3.93. The lowest BCUT2D eigenvalue weighted by Gasteiger charge is -2.19. The molecule has 0 fully saturated rings. The molecule has 3 rings (SSSR count). The van der Waals surface area contributed by atoms with Crippen LogP contribution < -0.4 is 10.2 Å². The summed E-state index contributed by atoms with van der Waals surface area (Å²) in [5.74, 6) is 0.855. The zero-order valence-electron chi connectivity index (χ0n) is 16.7. The number of hydrogen-bond acceptors (Lipinski definition) is 3. The van der Waals surface area contributed by atoms with Gasteiger partial charge in [-0.05, 0) is 30.3 Å². The first-order valence-electron chi connectivity index (χ1n) is 9.26. The summed E-state index contributed by atoms with van der Waals surface area (Å²) in [4.78, 5) is 27.2. The molecular weight excluding hydrogens is 354 g/mol. The van der Waals surface area contributed by atoms with Crippen LogP contribution in [0, 0.1) is 0 Å². The Morgan fingerprint density at radius 3 is 2.36 bits per heavy atom. The molecule has 6 nitrogen and oxygen atoms in total. The standard InChI is InChI=1S/C22H25N3O3/c1-5-20-19(18-8-6-7-9-21(18)28-20)14-24(3)22(27)23-16-10-12-17(13-11-16)25(4)15(2)26/h6-13H,5,14H2,1-4H3,(H,23,27). The van der Waals surface area contributed by atoms with Crippen molar-refractivity contribution in [3.63, 3.8) is 0 Å². The van der Waals surface area contributed by atoms with Crippen LogP contribution in [0.2, 0.25) is 0 Å². The number of rotatable bonds is 5. The summed E-state index contributed by atoms with van der Waals surface area (Å²) >= 11 is 0. The van der Waals surface area contributed by atoms with Crippen LogP contribution in [0.15, 0.2) is 52.9 Å². The molecule has 0 radical (unpaired) electrons. The lowest BCUT2D eigenvalue weighted by molar-refractivity contribution is -0.116. The van der Waals surface area contributed by atoms with Crippen LogP contribution in [0.1, 0.15) is 25.2 Å². The van der Waals surface area contributed by atoms with Gasteiger partial charge < -0.3 is 19.5 Å². The Kier molecular flexibility index (Phi) is 5.68. The highest BCUT2D eigenvalue weighted by molar-refractivity contribution is 5.92. The second-order valence-corrected chi connectivity index (χ2v) is 6.76. The summed E-state index contributed by atoms with van der Waals surface area (Å²) < 4.78 is 5.91. The van der Waals surface area contributed by atoms with Crippen molar-refractivity contribution in [2.24, 2.45) is 0 Å². The number of carbonyl (C=O) groups is 2. The second-order valence-electron chi connectivity index (χ2n) is 6.76. The van der Waals surface area contributed by atoms with Gasteiger partial charge in [0.2, 0.25) is 5.91 Å². The van der Waals surface area contributed by atoms with Crippen molar-refractivity contribution in [1.29, 1.82) is 0 Å². The molecule has 0 unspecified atom stereocenters. The lowest BCUT2D eigenvalue weighted by Crippen LogP contribution is -2.31. The molecule has 28 heavy (non-hydrogen) atoms. The van der Waals surface area contributed by atoms with E-state index in [1.807, 2.05) is 31.2 Å². The average molecular weight is 379 g/mol. The number of benzene rings is 2. The van der Waals surface area contributed by atoms with Crippen LogP contribution in [0.3, 0.4) is 0 Å². The Bertz CT molecular complexity index is 992. The third-order valence-corrected chi connectivity index (χ3v) is 4.82. The molecule has 0 saturated heterocycles. The number of nitrogens with zero attached hydrogens (tertiary/aromatic N) is 2. The number of aryl methyl sites for hydroxylation is 1. The van der Waals surface area contributed by atoms with Gasteiger partial charge in [-0.3, -0.25) is 4.79 Å². The number of para-hydroxylation sites is 1. The minimum Gasteiger partial charge on any atom is -0.461 e. The van der Waals surface area contributed by atoms with E-state index in [0.29, 0.717) is 12.2 Å². The van der Waals surface area contributed by atoms with Crippen molar-refractivity contribution in [3.05, 3.63) is 59.9 Å². The zero-order chi connectivity index (χ0) is 20.3. The lowest BCUT2D eigenvalue weighted by atomic mass is 10.1. The highest BCUT2D eigenvalue weighted by atomic mass is 16.3. The molecule has 2 aromatic carbocycles. The topological polar surface area (TPSA) is 65.8 Å². The summed E-state index contributed by atoms with van der Waals surface area (Å²) in [6, 6.07) is 14.8. The Morgan fingerprint density at radius 2 is 1.71 bits per heavy atom. The summed E-state index contributed by atoms with van der Waals surface area (Å²) in [6.07, 6.45) is 0.768. The van der Waals surface area contributed by atoms with Gasteiger partial charge in [0.15, 0.2) is 0 Å². The Labute approximate surface area is 164 Å². The van der Waals surface area contributed by atoms with E-state index in [1.165, 1.54) is 6.92 Å². The van der Waals surface area contributed by atoms with Crippen molar-refractivity contribution < 1.29 is 14.0 Å². The van der Waals surface area contributed by atoms with Crippen LogP contribution >= 0.6 is 0 Å². The number of amides is 3. The van der Waals surface area contributed by atoms with Crippen LogP contribution in [-0.4, -0.2) is 30.9 Å². The van der Waals surface area contributed by atoms with Gasteiger partial charge >= 0.3 is 6.03 Å². The van der Waals surface area contributed by atoms with E-state index in [-0.39, 0.29) is 11.9 Å². The minimum absolute atomic E-state index is 0.0458. The third-order valence-electron chi connectivity index (χ3n) is 4.82. The molecule has 0 aliphatic rings. The number of furan rings is 1. The molecule has 6 heteroatoms. The van der Waals surface area contributed by atoms with Crippen LogP contribution in [-0.2, 0) is 17.8 Å². The van der Waals surface area contributed by atoms with Gasteiger partial charge in [-0.25, -0.2) is 4.79 Å². The molecule has 0 aliphatic heterocycles. The maximum atomic E-state index is 12.6. The van der Waals surface area contributed by atoms with Crippen molar-refractivity contribution >= 4 is 34.3 Å². The molecule has 3 aromatic rings. The molecule has 1 heterocycles. The van der Waals surface area contributed by atoms with Crippen LogP contribution in [0.5, 0.6) is 0 Å². The molecule has 1 aromatic heterocycles. The summed E-state index contributed by atoms with van der Waals surface area (Å²) in [6.45, 7) is 4.01. The van der Waals surface area contributed by atoms with Crippen molar-refractivity contribution in [2.75, 3.05) is 24.3 Å². The smallest absolute Gasteiger partial charge is 0.321 e. The molecule has 0 aliphatic carbocycles. The molecule has 0 saturated carbocycles. The normalized spacial score (nSPS) is 10.7. The van der Waals surface area contributed by atoms with Gasteiger partial charge in [0.1, 0.15) is 11.3 Å². The first kappa shape index (κ1) is 19.5. The van der Waals surface area contributed by atoms with Gasteiger partial charge in [-0.15, -0.1) is 0 Å². The quantitative estimate of drug-likeness (QED) is 0.702. The van der Waals surface area contributed by atoms with Crippen molar-refractivity contribution in [3.8, 4) is 0 Å². The van der Waals surface area contributed by atoms with Gasteiger partial charge in [0.05, 0.1) is 6.54 Å². The maximum Gasteiger partial charge on any atom is 0.321 e. The van der Waals surface area contributed by atoms with E-state index >= 15 is 0 Å². The predicted octanol–water partition coefficient (Wildman–Crippen LogP) is 4.64. The van der Waals surface area contributed by atoms with Gasteiger partial charge in [0.25, 0.3) is 0 Å². The van der Waals surface area contributed by atoms with E-state index in [9.17, 15) is 9.59 Å². The fourth-order valence-electron chi connectivity index (χ4n) is 3.09. The molecule has 0 bridgehead atoms. The van der Waals surface area contributed by atoms with Crippen LogP contribution in [0.25, 0.3) is 11.0 Å². The largest absolute Gasteiger partial charge is 0.461 e. The van der Waals surface area contributed by atoms with E-state index in [4.69, 9.17) is 4.42 Å². The number of carbonyl (C=O) groups excluding carboxylic acids is 2. The Morgan fingerprint density at radius 1 is 1.04 bits per heavy atom. The molecule has 1 N–H and O–H groups in total. The monoisotopic (exact) mass is 379 g/mol. The number of fused-ring (bicyclic) bond motifs is 1.